The van der Waals surface area contributed by atoms with E-state index in [1.54, 1.807) is 24.5 Å². The van der Waals surface area contributed by atoms with E-state index in [0.29, 0.717) is 16.7 Å². The molecule has 0 aliphatic heterocycles. The van der Waals surface area contributed by atoms with Crippen molar-refractivity contribution in [3.63, 3.8) is 0 Å². The largest absolute Gasteiger partial charge is 0.431 e. The molecule has 2 heterocycles. The second-order valence-corrected chi connectivity index (χ2v) is 6.89. The summed E-state index contributed by atoms with van der Waals surface area (Å²) in [6.45, 7) is 0. The van der Waals surface area contributed by atoms with E-state index < -0.39 is 0 Å². The summed E-state index contributed by atoms with van der Waals surface area (Å²) in [5, 5.41) is 3.29. The zero-order chi connectivity index (χ0) is 19.2. The second-order valence-electron chi connectivity index (χ2n) is 5.96. The Hall–Kier alpha value is -3.38. The molecule has 0 fully saturated rings. The van der Waals surface area contributed by atoms with Crippen molar-refractivity contribution in [1.29, 1.82) is 0 Å². The van der Waals surface area contributed by atoms with Gasteiger partial charge in [0.2, 0.25) is 5.91 Å². The Morgan fingerprint density at radius 3 is 2.21 bits per heavy atom. The van der Waals surface area contributed by atoms with Crippen LogP contribution in [0.5, 0.6) is 0 Å². The van der Waals surface area contributed by atoms with E-state index in [1.165, 1.54) is 11.8 Å². The first-order chi connectivity index (χ1) is 13.8. The maximum Gasteiger partial charge on any atom is 0.257 e. The molecule has 0 atom stereocenters. The van der Waals surface area contributed by atoms with Crippen molar-refractivity contribution in [3.05, 3.63) is 85.2 Å². The van der Waals surface area contributed by atoms with Crippen LogP contribution in [0.2, 0.25) is 0 Å². The molecular weight excluding hydrogens is 370 g/mol. The molecule has 0 saturated heterocycles. The lowest BCUT2D eigenvalue weighted by Crippen LogP contribution is -2.13. The number of oxazole rings is 1. The lowest BCUT2D eigenvalue weighted by atomic mass is 10.1. The summed E-state index contributed by atoms with van der Waals surface area (Å²) >= 11 is 1.27. The number of aromatic nitrogens is 2. The molecule has 6 heteroatoms. The Bertz CT molecular complexity index is 994. The Labute approximate surface area is 166 Å². The highest BCUT2D eigenvalue weighted by Crippen LogP contribution is 2.35. The summed E-state index contributed by atoms with van der Waals surface area (Å²) in [5.74, 6) is 0.770. The van der Waals surface area contributed by atoms with E-state index in [4.69, 9.17) is 4.42 Å². The van der Waals surface area contributed by atoms with Crippen molar-refractivity contribution in [1.82, 2.24) is 9.97 Å². The molecule has 0 bridgehead atoms. The first kappa shape index (κ1) is 18.0. The number of benzene rings is 2. The molecule has 0 aliphatic carbocycles. The van der Waals surface area contributed by atoms with Gasteiger partial charge in [-0.15, -0.1) is 0 Å². The van der Waals surface area contributed by atoms with Crippen molar-refractivity contribution in [3.8, 4) is 22.6 Å². The number of thioether (sulfide) groups is 1. The molecule has 0 aliphatic rings. The predicted octanol–water partition coefficient (Wildman–Crippen LogP) is 5.13. The van der Waals surface area contributed by atoms with E-state index in [1.807, 2.05) is 60.7 Å². The summed E-state index contributed by atoms with van der Waals surface area (Å²) in [6.07, 6.45) is 3.27. The molecule has 0 saturated carbocycles. The number of carbonyl (C=O) groups excluding carboxylic acids is 1. The van der Waals surface area contributed by atoms with Gasteiger partial charge in [-0.2, -0.15) is 0 Å². The summed E-state index contributed by atoms with van der Waals surface area (Å²) in [7, 11) is 0. The van der Waals surface area contributed by atoms with Crippen LogP contribution < -0.4 is 5.32 Å². The van der Waals surface area contributed by atoms with Gasteiger partial charge < -0.3 is 9.73 Å². The van der Waals surface area contributed by atoms with Gasteiger partial charge in [0.15, 0.2) is 5.76 Å². The topological polar surface area (TPSA) is 68.0 Å². The van der Waals surface area contributed by atoms with Gasteiger partial charge in [0.25, 0.3) is 5.22 Å². The fraction of sp³-hybridized carbons (Fsp3) is 0.0455. The number of pyridine rings is 1. The standard InChI is InChI=1S/C22H17N3O2S/c26-19(24-18-11-13-23-14-12-18)15-28-22-25-20(16-7-3-1-4-8-16)21(27-22)17-9-5-2-6-10-17/h1-14H,15H2,(H,23,24,26). The third-order valence-electron chi connectivity index (χ3n) is 3.98. The lowest BCUT2D eigenvalue weighted by molar-refractivity contribution is -0.113. The van der Waals surface area contributed by atoms with E-state index in [0.717, 1.165) is 16.8 Å². The summed E-state index contributed by atoms with van der Waals surface area (Å²) in [5.41, 5.74) is 3.40. The maximum atomic E-state index is 12.2. The van der Waals surface area contributed by atoms with Crippen LogP contribution in [0.1, 0.15) is 0 Å². The smallest absolute Gasteiger partial charge is 0.257 e. The van der Waals surface area contributed by atoms with Gasteiger partial charge in [-0.1, -0.05) is 72.4 Å². The Kier molecular flexibility index (Phi) is 5.49. The third kappa shape index (κ3) is 4.29. The molecule has 2 aromatic carbocycles. The molecule has 0 radical (unpaired) electrons. The van der Waals surface area contributed by atoms with Gasteiger partial charge in [-0.05, 0) is 12.1 Å². The van der Waals surface area contributed by atoms with Gasteiger partial charge in [-0.25, -0.2) is 4.98 Å². The van der Waals surface area contributed by atoms with Crippen LogP contribution in [0.15, 0.2) is 94.8 Å². The molecule has 0 spiro atoms. The minimum atomic E-state index is -0.128. The molecular formula is C22H17N3O2S. The highest BCUT2D eigenvalue weighted by atomic mass is 32.2. The zero-order valence-electron chi connectivity index (χ0n) is 14.9. The van der Waals surface area contributed by atoms with Crippen LogP contribution in [0.4, 0.5) is 5.69 Å². The van der Waals surface area contributed by atoms with Gasteiger partial charge in [0, 0.05) is 29.2 Å². The average Bonchev–Trinajstić information content (AvgIpc) is 3.19. The fourth-order valence-corrected chi connectivity index (χ4v) is 3.32. The van der Waals surface area contributed by atoms with E-state index in [9.17, 15) is 4.79 Å². The van der Waals surface area contributed by atoms with Crippen molar-refractivity contribution in [2.75, 3.05) is 11.1 Å². The molecule has 2 aromatic heterocycles. The van der Waals surface area contributed by atoms with E-state index >= 15 is 0 Å². The monoisotopic (exact) mass is 387 g/mol. The van der Waals surface area contributed by atoms with Crippen molar-refractivity contribution < 1.29 is 9.21 Å². The molecule has 5 nitrogen and oxygen atoms in total. The number of hydrogen-bond acceptors (Lipinski definition) is 5. The van der Waals surface area contributed by atoms with Crippen molar-refractivity contribution >= 4 is 23.4 Å². The Morgan fingerprint density at radius 1 is 0.893 bits per heavy atom. The van der Waals surface area contributed by atoms with Gasteiger partial charge in [-0.3, -0.25) is 9.78 Å². The number of rotatable bonds is 6. The molecule has 138 valence electrons. The van der Waals surface area contributed by atoms with Gasteiger partial charge in [0.1, 0.15) is 5.69 Å². The number of carbonyl (C=O) groups is 1. The van der Waals surface area contributed by atoms with Crippen molar-refractivity contribution in [2.24, 2.45) is 0 Å². The summed E-state index contributed by atoms with van der Waals surface area (Å²) in [6, 6.07) is 23.2. The minimum absolute atomic E-state index is 0.128. The normalized spacial score (nSPS) is 10.6. The number of amides is 1. The summed E-state index contributed by atoms with van der Waals surface area (Å²) < 4.78 is 6.02. The zero-order valence-corrected chi connectivity index (χ0v) is 15.7. The van der Waals surface area contributed by atoms with E-state index in [-0.39, 0.29) is 11.7 Å². The van der Waals surface area contributed by atoms with Crippen LogP contribution in [0.3, 0.4) is 0 Å². The maximum absolute atomic E-state index is 12.2. The molecule has 0 unspecified atom stereocenters. The number of hydrogen-bond donors (Lipinski definition) is 1. The fourth-order valence-electron chi connectivity index (χ4n) is 2.70. The third-order valence-corrected chi connectivity index (χ3v) is 4.81. The average molecular weight is 387 g/mol. The van der Waals surface area contributed by atoms with E-state index in [2.05, 4.69) is 15.3 Å². The Balaban J connectivity index is 1.55. The number of nitrogens with zero attached hydrogens (tertiary/aromatic N) is 2. The SMILES string of the molecule is O=C(CSc1nc(-c2ccccc2)c(-c2ccccc2)o1)Nc1ccncc1. The molecule has 4 aromatic rings. The first-order valence-electron chi connectivity index (χ1n) is 8.74. The quantitative estimate of drug-likeness (QED) is 0.464. The minimum Gasteiger partial charge on any atom is -0.431 e. The van der Waals surface area contributed by atoms with Crippen molar-refractivity contribution in [2.45, 2.75) is 5.22 Å². The van der Waals surface area contributed by atoms with Gasteiger partial charge >= 0.3 is 0 Å². The highest BCUT2D eigenvalue weighted by Gasteiger charge is 2.18. The number of nitrogens with one attached hydrogen (secondary N) is 1. The summed E-state index contributed by atoms with van der Waals surface area (Å²) in [4.78, 5) is 20.8. The van der Waals surface area contributed by atoms with Crippen LogP contribution in [0, 0.1) is 0 Å². The Morgan fingerprint density at radius 2 is 1.54 bits per heavy atom. The molecule has 1 N–H and O–H groups in total. The lowest BCUT2D eigenvalue weighted by Gasteiger charge is -2.02. The van der Waals surface area contributed by atoms with Crippen LogP contribution >= 0.6 is 11.8 Å². The van der Waals surface area contributed by atoms with Crippen LogP contribution in [-0.2, 0) is 4.79 Å². The molecule has 4 rings (SSSR count). The number of anilines is 1. The van der Waals surface area contributed by atoms with Gasteiger partial charge in [0.05, 0.1) is 5.75 Å². The second kappa shape index (κ2) is 8.54. The van der Waals surface area contributed by atoms with Crippen LogP contribution in [0.25, 0.3) is 22.6 Å². The van der Waals surface area contributed by atoms with Crippen LogP contribution in [-0.4, -0.2) is 21.6 Å². The predicted molar refractivity (Wildman–Crippen MR) is 111 cm³/mol. The molecule has 28 heavy (non-hydrogen) atoms. The highest BCUT2D eigenvalue weighted by molar-refractivity contribution is 7.99. The molecule has 1 amide bonds. The first-order valence-corrected chi connectivity index (χ1v) is 9.72.